The predicted octanol–water partition coefficient (Wildman–Crippen LogP) is 4.49. The Kier molecular flexibility index (Phi) is 4.72. The molecule has 4 heteroatoms. The van der Waals surface area contributed by atoms with E-state index >= 15 is 0 Å². The quantitative estimate of drug-likeness (QED) is 0.776. The highest BCUT2D eigenvalue weighted by molar-refractivity contribution is 8.00. The predicted molar refractivity (Wildman–Crippen MR) is 92.6 cm³/mol. The number of esters is 1. The number of hydrogen-bond donors (Lipinski definition) is 0. The molecule has 0 aromatic heterocycles. The van der Waals surface area contributed by atoms with Gasteiger partial charge in [-0.1, -0.05) is 30.3 Å². The van der Waals surface area contributed by atoms with Crippen LogP contribution in [-0.2, 0) is 9.53 Å². The van der Waals surface area contributed by atoms with Gasteiger partial charge in [-0.25, -0.2) is 4.79 Å². The highest BCUT2D eigenvalue weighted by Crippen LogP contribution is 2.47. The van der Waals surface area contributed by atoms with E-state index in [1.54, 1.807) is 18.9 Å². The highest BCUT2D eigenvalue weighted by Gasteiger charge is 2.29. The number of benzene rings is 2. The summed E-state index contributed by atoms with van der Waals surface area (Å²) in [7, 11) is 1.64. The van der Waals surface area contributed by atoms with Gasteiger partial charge in [0.1, 0.15) is 5.75 Å². The first-order valence-corrected chi connectivity index (χ1v) is 8.39. The Bertz CT molecular complexity index is 735. The molecule has 2 aromatic carbocycles. The number of fused-ring (bicyclic) bond motifs is 1. The van der Waals surface area contributed by atoms with E-state index in [0.29, 0.717) is 12.2 Å². The maximum Gasteiger partial charge on any atom is 0.335 e. The van der Waals surface area contributed by atoms with Crippen LogP contribution in [0.4, 0.5) is 0 Å². The molecule has 0 saturated carbocycles. The third kappa shape index (κ3) is 3.27. The fraction of sp³-hybridized carbons (Fsp3) is 0.211. The van der Waals surface area contributed by atoms with Gasteiger partial charge in [-0.2, -0.15) is 0 Å². The van der Waals surface area contributed by atoms with Gasteiger partial charge in [-0.3, -0.25) is 0 Å². The molecule has 0 fully saturated rings. The largest absolute Gasteiger partial charge is 0.497 e. The third-order valence-corrected chi connectivity index (χ3v) is 5.07. The average molecular weight is 326 g/mol. The van der Waals surface area contributed by atoms with Gasteiger partial charge in [0.05, 0.1) is 24.5 Å². The number of methoxy groups -OCH3 is 1. The molecule has 1 heterocycles. The summed E-state index contributed by atoms with van der Waals surface area (Å²) in [4.78, 5) is 13.6. The van der Waals surface area contributed by atoms with Crippen LogP contribution in [0.5, 0.6) is 5.75 Å². The summed E-state index contributed by atoms with van der Waals surface area (Å²) in [5, 5.41) is -0.0742. The van der Waals surface area contributed by atoms with Crippen LogP contribution >= 0.6 is 11.8 Å². The van der Waals surface area contributed by atoms with Crippen LogP contribution in [0.2, 0.25) is 0 Å². The van der Waals surface area contributed by atoms with Crippen LogP contribution in [0, 0.1) is 0 Å². The van der Waals surface area contributed by atoms with E-state index in [2.05, 4.69) is 6.07 Å². The van der Waals surface area contributed by atoms with Crippen molar-refractivity contribution in [2.75, 3.05) is 13.7 Å². The van der Waals surface area contributed by atoms with Crippen LogP contribution in [0.25, 0.3) is 6.08 Å². The molecule has 0 radical (unpaired) electrons. The smallest absolute Gasteiger partial charge is 0.335 e. The van der Waals surface area contributed by atoms with Crippen molar-refractivity contribution in [2.45, 2.75) is 17.1 Å². The summed E-state index contributed by atoms with van der Waals surface area (Å²) >= 11 is 1.68. The molecule has 0 saturated heterocycles. The molecule has 1 aliphatic heterocycles. The maximum atomic E-state index is 12.4. The Balaban J connectivity index is 2.01. The lowest BCUT2D eigenvalue weighted by atomic mass is 10.0. The van der Waals surface area contributed by atoms with E-state index in [0.717, 1.165) is 16.9 Å². The minimum absolute atomic E-state index is 0.0742. The van der Waals surface area contributed by atoms with Gasteiger partial charge in [0, 0.05) is 4.90 Å². The molecular weight excluding hydrogens is 308 g/mol. The highest BCUT2D eigenvalue weighted by atomic mass is 32.2. The van der Waals surface area contributed by atoms with Crippen molar-refractivity contribution >= 4 is 23.8 Å². The summed E-state index contributed by atoms with van der Waals surface area (Å²) in [6, 6.07) is 15.9. The summed E-state index contributed by atoms with van der Waals surface area (Å²) in [5.41, 5.74) is 2.80. The molecule has 0 aliphatic carbocycles. The van der Waals surface area contributed by atoms with Crippen molar-refractivity contribution < 1.29 is 14.3 Å². The van der Waals surface area contributed by atoms with Gasteiger partial charge in [0.25, 0.3) is 0 Å². The van der Waals surface area contributed by atoms with Crippen molar-refractivity contribution in [1.29, 1.82) is 0 Å². The molecule has 0 amide bonds. The van der Waals surface area contributed by atoms with Crippen molar-refractivity contribution in [3.63, 3.8) is 0 Å². The molecule has 0 bridgehead atoms. The SMILES string of the molecule is CCOC(=O)C1=Cc2ccccc2S[C@@H]1c1ccc(OC)cc1. The first-order valence-electron chi connectivity index (χ1n) is 7.51. The van der Waals surface area contributed by atoms with E-state index in [1.165, 1.54) is 4.90 Å². The molecule has 2 aromatic rings. The molecule has 3 rings (SSSR count). The number of thioether (sulfide) groups is 1. The van der Waals surface area contributed by atoms with Crippen molar-refractivity contribution in [1.82, 2.24) is 0 Å². The van der Waals surface area contributed by atoms with Gasteiger partial charge in [0.15, 0.2) is 0 Å². The zero-order valence-corrected chi connectivity index (χ0v) is 13.9. The Morgan fingerprint density at radius 3 is 2.57 bits per heavy atom. The fourth-order valence-electron chi connectivity index (χ4n) is 2.55. The molecule has 3 nitrogen and oxygen atoms in total. The van der Waals surface area contributed by atoms with Crippen LogP contribution in [0.3, 0.4) is 0 Å². The van der Waals surface area contributed by atoms with Crippen LogP contribution < -0.4 is 4.74 Å². The Morgan fingerprint density at radius 1 is 1.13 bits per heavy atom. The summed E-state index contributed by atoms with van der Waals surface area (Å²) in [6.07, 6.45) is 1.94. The van der Waals surface area contributed by atoms with Crippen LogP contribution in [0.1, 0.15) is 23.3 Å². The van der Waals surface area contributed by atoms with Gasteiger partial charge < -0.3 is 9.47 Å². The molecule has 0 N–H and O–H groups in total. The van der Waals surface area contributed by atoms with E-state index in [-0.39, 0.29) is 11.2 Å². The van der Waals surface area contributed by atoms with Crippen LogP contribution in [-0.4, -0.2) is 19.7 Å². The fourth-order valence-corrected chi connectivity index (χ4v) is 3.81. The minimum atomic E-state index is -0.254. The van der Waals surface area contributed by atoms with Gasteiger partial charge >= 0.3 is 5.97 Å². The van der Waals surface area contributed by atoms with Gasteiger partial charge in [-0.15, -0.1) is 11.8 Å². The van der Waals surface area contributed by atoms with Crippen molar-refractivity contribution in [3.05, 3.63) is 65.2 Å². The second kappa shape index (κ2) is 6.92. The number of carbonyl (C=O) groups is 1. The van der Waals surface area contributed by atoms with Crippen molar-refractivity contribution in [2.24, 2.45) is 0 Å². The summed E-state index contributed by atoms with van der Waals surface area (Å²) in [5.74, 6) is 0.548. The number of rotatable bonds is 4. The number of hydrogen-bond acceptors (Lipinski definition) is 4. The molecule has 1 aliphatic rings. The monoisotopic (exact) mass is 326 g/mol. The number of ether oxygens (including phenoxy) is 2. The average Bonchev–Trinajstić information content (AvgIpc) is 2.61. The molecule has 1 atom stereocenters. The maximum absolute atomic E-state index is 12.4. The first-order chi connectivity index (χ1) is 11.2. The third-order valence-electron chi connectivity index (χ3n) is 3.69. The topological polar surface area (TPSA) is 35.5 Å². The Labute approximate surface area is 140 Å². The van der Waals surface area contributed by atoms with E-state index in [4.69, 9.17) is 9.47 Å². The standard InChI is InChI=1S/C19H18O3S/c1-3-22-19(20)16-12-14-6-4-5-7-17(14)23-18(16)13-8-10-15(21-2)11-9-13/h4-12,18H,3H2,1-2H3/t18-/m1/s1. The zero-order chi connectivity index (χ0) is 16.2. The van der Waals surface area contributed by atoms with E-state index in [1.807, 2.05) is 55.5 Å². The zero-order valence-electron chi connectivity index (χ0n) is 13.1. The second-order valence-corrected chi connectivity index (χ2v) is 6.28. The second-order valence-electron chi connectivity index (χ2n) is 5.13. The molecular formula is C19H18O3S. The van der Waals surface area contributed by atoms with E-state index in [9.17, 15) is 4.79 Å². The molecule has 0 spiro atoms. The lowest BCUT2D eigenvalue weighted by molar-refractivity contribution is -0.138. The summed E-state index contributed by atoms with van der Waals surface area (Å²) in [6.45, 7) is 2.20. The summed E-state index contributed by atoms with van der Waals surface area (Å²) < 4.78 is 10.5. The Hall–Kier alpha value is -2.20. The van der Waals surface area contributed by atoms with Crippen molar-refractivity contribution in [3.8, 4) is 5.75 Å². The van der Waals surface area contributed by atoms with Gasteiger partial charge in [0.2, 0.25) is 0 Å². The van der Waals surface area contributed by atoms with Gasteiger partial charge in [-0.05, 0) is 42.3 Å². The molecule has 118 valence electrons. The normalized spacial score (nSPS) is 16.3. The van der Waals surface area contributed by atoms with Crippen LogP contribution in [0.15, 0.2) is 59.0 Å². The lowest BCUT2D eigenvalue weighted by Crippen LogP contribution is -2.15. The first kappa shape index (κ1) is 15.7. The molecule has 0 unspecified atom stereocenters. The Morgan fingerprint density at radius 2 is 1.87 bits per heavy atom. The minimum Gasteiger partial charge on any atom is -0.497 e. The molecule has 23 heavy (non-hydrogen) atoms. The van der Waals surface area contributed by atoms with E-state index < -0.39 is 0 Å². The number of carbonyl (C=O) groups excluding carboxylic acids is 1. The lowest BCUT2D eigenvalue weighted by Gasteiger charge is -2.25.